The number of ether oxygens (including phenoxy) is 1. The summed E-state index contributed by atoms with van der Waals surface area (Å²) in [5, 5.41) is 14.4. The number of halogens is 2. The Balaban J connectivity index is 1.98. The van der Waals surface area contributed by atoms with Gasteiger partial charge in [0.25, 0.3) is 0 Å². The molecule has 22 heavy (non-hydrogen) atoms. The van der Waals surface area contributed by atoms with Gasteiger partial charge in [0.1, 0.15) is 5.75 Å². The largest absolute Gasteiger partial charge is 0.506 e. The van der Waals surface area contributed by atoms with Crippen LogP contribution < -0.4 is 5.32 Å². The fourth-order valence-electron chi connectivity index (χ4n) is 3.55. The molecule has 0 aliphatic carbocycles. The number of benzene rings is 1. The zero-order valence-corrected chi connectivity index (χ0v) is 14.9. The molecule has 1 atom stereocenters. The SMILES string of the molecule is Oc1c(Cl)ccc(Br)c1[C@H](C1CCOCC1)N1CCNCC1. The number of hydrogen-bond acceptors (Lipinski definition) is 4. The zero-order chi connectivity index (χ0) is 15.5. The lowest BCUT2D eigenvalue weighted by Gasteiger charge is -2.41. The monoisotopic (exact) mass is 388 g/mol. The van der Waals surface area contributed by atoms with Crippen LogP contribution in [-0.2, 0) is 4.74 Å². The molecule has 0 bridgehead atoms. The zero-order valence-electron chi connectivity index (χ0n) is 12.5. The predicted octanol–water partition coefficient (Wildman–Crippen LogP) is 3.18. The molecule has 4 nitrogen and oxygen atoms in total. The lowest BCUT2D eigenvalue weighted by Crippen LogP contribution is -2.47. The van der Waals surface area contributed by atoms with Crippen LogP contribution in [0.15, 0.2) is 16.6 Å². The predicted molar refractivity (Wildman–Crippen MR) is 91.5 cm³/mol. The van der Waals surface area contributed by atoms with E-state index in [2.05, 4.69) is 26.1 Å². The van der Waals surface area contributed by atoms with Gasteiger partial charge >= 0.3 is 0 Å². The first-order valence-electron chi connectivity index (χ1n) is 7.88. The number of rotatable bonds is 3. The van der Waals surface area contributed by atoms with Crippen molar-refractivity contribution in [2.75, 3.05) is 39.4 Å². The summed E-state index contributed by atoms with van der Waals surface area (Å²) in [4.78, 5) is 2.47. The minimum absolute atomic E-state index is 0.180. The molecule has 1 aromatic rings. The topological polar surface area (TPSA) is 44.7 Å². The molecule has 2 N–H and O–H groups in total. The van der Waals surface area contributed by atoms with Crippen molar-refractivity contribution in [1.29, 1.82) is 0 Å². The summed E-state index contributed by atoms with van der Waals surface area (Å²) in [5.41, 5.74) is 0.932. The highest BCUT2D eigenvalue weighted by atomic mass is 79.9. The Kier molecular flexibility index (Phi) is 5.63. The average Bonchev–Trinajstić information content (AvgIpc) is 2.57. The lowest BCUT2D eigenvalue weighted by molar-refractivity contribution is 0.0204. The van der Waals surface area contributed by atoms with Crippen LogP contribution in [0.1, 0.15) is 24.4 Å². The van der Waals surface area contributed by atoms with Crippen LogP contribution in [0.5, 0.6) is 5.75 Å². The van der Waals surface area contributed by atoms with Gasteiger partial charge in [0.2, 0.25) is 0 Å². The van der Waals surface area contributed by atoms with E-state index in [1.165, 1.54) is 0 Å². The van der Waals surface area contributed by atoms with Gasteiger partial charge in [-0.25, -0.2) is 0 Å². The third kappa shape index (κ3) is 3.44. The van der Waals surface area contributed by atoms with Crippen LogP contribution in [0.3, 0.4) is 0 Å². The second kappa shape index (κ2) is 7.49. The maximum atomic E-state index is 10.6. The number of hydrogen-bond donors (Lipinski definition) is 2. The second-order valence-corrected chi connectivity index (χ2v) is 7.23. The van der Waals surface area contributed by atoms with Crippen molar-refractivity contribution >= 4 is 27.5 Å². The Morgan fingerprint density at radius 2 is 1.95 bits per heavy atom. The molecular weight excluding hydrogens is 368 g/mol. The van der Waals surface area contributed by atoms with E-state index in [0.717, 1.165) is 62.3 Å². The van der Waals surface area contributed by atoms with E-state index in [1.807, 2.05) is 6.07 Å². The van der Waals surface area contributed by atoms with Gasteiger partial charge in [-0.3, -0.25) is 4.90 Å². The van der Waals surface area contributed by atoms with Crippen molar-refractivity contribution in [3.8, 4) is 5.75 Å². The summed E-state index contributed by atoms with van der Waals surface area (Å²) in [5.74, 6) is 0.693. The number of phenols is 1. The minimum atomic E-state index is 0.180. The molecular formula is C16H22BrClN2O2. The number of aromatic hydroxyl groups is 1. The first kappa shape index (κ1) is 16.5. The molecule has 1 aromatic carbocycles. The van der Waals surface area contributed by atoms with Gasteiger partial charge in [0, 0.05) is 55.5 Å². The normalized spacial score (nSPS) is 22.6. The summed E-state index contributed by atoms with van der Waals surface area (Å²) in [6.07, 6.45) is 2.04. The summed E-state index contributed by atoms with van der Waals surface area (Å²) < 4.78 is 6.46. The van der Waals surface area contributed by atoms with Crippen LogP contribution in [0, 0.1) is 5.92 Å². The van der Waals surface area contributed by atoms with Crippen molar-refractivity contribution < 1.29 is 9.84 Å². The van der Waals surface area contributed by atoms with Crippen LogP contribution in [-0.4, -0.2) is 49.4 Å². The number of piperazine rings is 1. The summed E-state index contributed by atoms with van der Waals surface area (Å²) in [6, 6.07) is 3.86. The Labute approximate surface area is 144 Å². The number of nitrogens with zero attached hydrogens (tertiary/aromatic N) is 1. The summed E-state index contributed by atoms with van der Waals surface area (Å²) in [6.45, 7) is 5.54. The third-order valence-electron chi connectivity index (χ3n) is 4.67. The Morgan fingerprint density at radius 1 is 1.27 bits per heavy atom. The molecule has 2 saturated heterocycles. The molecule has 0 amide bonds. The molecule has 0 radical (unpaired) electrons. The van der Waals surface area contributed by atoms with Crippen molar-refractivity contribution in [2.24, 2.45) is 5.92 Å². The molecule has 0 saturated carbocycles. The van der Waals surface area contributed by atoms with Crippen LogP contribution >= 0.6 is 27.5 Å². The molecule has 3 rings (SSSR count). The summed E-state index contributed by atoms with van der Waals surface area (Å²) in [7, 11) is 0. The Morgan fingerprint density at radius 3 is 2.64 bits per heavy atom. The van der Waals surface area contributed by atoms with Gasteiger partial charge in [0.15, 0.2) is 0 Å². The summed E-state index contributed by atoms with van der Waals surface area (Å²) >= 11 is 9.80. The molecule has 2 aliphatic heterocycles. The molecule has 6 heteroatoms. The third-order valence-corrected chi connectivity index (χ3v) is 5.66. The minimum Gasteiger partial charge on any atom is -0.506 e. The average molecular weight is 390 g/mol. The first-order valence-corrected chi connectivity index (χ1v) is 9.05. The van der Waals surface area contributed by atoms with E-state index < -0.39 is 0 Å². The Hall–Kier alpha value is -0.330. The maximum Gasteiger partial charge on any atom is 0.140 e. The van der Waals surface area contributed by atoms with Gasteiger partial charge in [-0.1, -0.05) is 27.5 Å². The van der Waals surface area contributed by atoms with Crippen LogP contribution in [0.25, 0.3) is 0 Å². The molecule has 0 unspecified atom stereocenters. The molecule has 2 aliphatic rings. The quantitative estimate of drug-likeness (QED) is 0.833. The first-order chi connectivity index (χ1) is 10.7. The number of phenolic OH excluding ortho intramolecular Hbond substituents is 1. The van der Waals surface area contributed by atoms with Gasteiger partial charge < -0.3 is 15.2 Å². The molecule has 2 fully saturated rings. The fraction of sp³-hybridized carbons (Fsp3) is 0.625. The molecule has 2 heterocycles. The van der Waals surface area contributed by atoms with Gasteiger partial charge in [-0.15, -0.1) is 0 Å². The van der Waals surface area contributed by atoms with Crippen LogP contribution in [0.4, 0.5) is 0 Å². The van der Waals surface area contributed by atoms with E-state index in [9.17, 15) is 5.11 Å². The maximum absolute atomic E-state index is 10.6. The van der Waals surface area contributed by atoms with Crippen molar-refractivity contribution in [2.45, 2.75) is 18.9 Å². The van der Waals surface area contributed by atoms with Crippen LogP contribution in [0.2, 0.25) is 5.02 Å². The van der Waals surface area contributed by atoms with E-state index in [-0.39, 0.29) is 11.8 Å². The molecule has 122 valence electrons. The smallest absolute Gasteiger partial charge is 0.140 e. The van der Waals surface area contributed by atoms with E-state index in [4.69, 9.17) is 16.3 Å². The van der Waals surface area contributed by atoms with E-state index in [1.54, 1.807) is 6.07 Å². The van der Waals surface area contributed by atoms with E-state index in [0.29, 0.717) is 10.9 Å². The van der Waals surface area contributed by atoms with Crippen molar-refractivity contribution in [3.05, 3.63) is 27.2 Å². The standard InChI is InChI=1S/C16H22BrClN2O2/c17-12-1-2-13(18)16(21)14(12)15(11-3-9-22-10-4-11)20-7-5-19-6-8-20/h1-2,11,15,19,21H,3-10H2/t15-/m0/s1. The van der Waals surface area contributed by atoms with Crippen molar-refractivity contribution in [3.63, 3.8) is 0 Å². The highest BCUT2D eigenvalue weighted by Crippen LogP contribution is 2.45. The highest BCUT2D eigenvalue weighted by molar-refractivity contribution is 9.10. The van der Waals surface area contributed by atoms with E-state index >= 15 is 0 Å². The lowest BCUT2D eigenvalue weighted by atomic mass is 9.85. The van der Waals surface area contributed by atoms with Gasteiger partial charge in [-0.05, 0) is 30.9 Å². The number of nitrogens with one attached hydrogen (secondary N) is 1. The molecule has 0 aromatic heterocycles. The molecule has 0 spiro atoms. The highest BCUT2D eigenvalue weighted by Gasteiger charge is 2.34. The second-order valence-electron chi connectivity index (χ2n) is 5.97. The van der Waals surface area contributed by atoms with Gasteiger partial charge in [-0.2, -0.15) is 0 Å². The fourth-order valence-corrected chi connectivity index (χ4v) is 4.27. The Bertz CT molecular complexity index is 499. The van der Waals surface area contributed by atoms with Crippen molar-refractivity contribution in [1.82, 2.24) is 10.2 Å². The van der Waals surface area contributed by atoms with Gasteiger partial charge in [0.05, 0.1) is 5.02 Å².